The molecule has 2 nitrogen and oxygen atoms in total. The summed E-state index contributed by atoms with van der Waals surface area (Å²) in [5.41, 5.74) is 2.35. The molecule has 0 saturated carbocycles. The lowest BCUT2D eigenvalue weighted by Crippen LogP contribution is -2.17. The quantitative estimate of drug-likeness (QED) is 0.681. The van der Waals surface area contributed by atoms with Gasteiger partial charge in [-0.15, -0.1) is 0 Å². The van der Waals surface area contributed by atoms with Gasteiger partial charge in [-0.1, -0.05) is 6.92 Å². The van der Waals surface area contributed by atoms with Crippen LogP contribution in [0.25, 0.3) is 0 Å². The van der Waals surface area contributed by atoms with Gasteiger partial charge in [0.1, 0.15) is 0 Å². The summed E-state index contributed by atoms with van der Waals surface area (Å²) in [5, 5.41) is 0. The second-order valence-electron chi connectivity index (χ2n) is 4.22. The van der Waals surface area contributed by atoms with E-state index in [-0.39, 0.29) is 0 Å². The van der Waals surface area contributed by atoms with Crippen LogP contribution in [0.15, 0.2) is 18.3 Å². The molecular formula is C12H17NO. The highest BCUT2D eigenvalue weighted by molar-refractivity contribution is 5.18. The summed E-state index contributed by atoms with van der Waals surface area (Å²) in [4.78, 5) is 4.20. The van der Waals surface area contributed by atoms with Crippen molar-refractivity contribution in [3.05, 3.63) is 29.6 Å². The molecule has 2 heteroatoms. The minimum Gasteiger partial charge on any atom is -0.374 e. The molecule has 1 aromatic rings. The van der Waals surface area contributed by atoms with Gasteiger partial charge in [-0.25, -0.2) is 0 Å². The number of aryl methyl sites for hydroxylation is 1. The standard InChI is InChI=1S/C12H17NO/c1-9-4-6-14-12(7-9)11-3-5-13-10(2)8-11/h3,5,8-9,12H,4,6-7H2,1-2H3. The smallest absolute Gasteiger partial charge is 0.0828 e. The molecule has 1 saturated heterocycles. The Balaban J connectivity index is 2.14. The molecule has 2 atom stereocenters. The lowest BCUT2D eigenvalue weighted by Gasteiger charge is -2.27. The summed E-state index contributed by atoms with van der Waals surface area (Å²) < 4.78 is 5.76. The van der Waals surface area contributed by atoms with Gasteiger partial charge in [-0.05, 0) is 43.4 Å². The van der Waals surface area contributed by atoms with Crippen LogP contribution in [-0.2, 0) is 4.74 Å². The normalized spacial score (nSPS) is 27.6. The zero-order chi connectivity index (χ0) is 9.97. The fourth-order valence-electron chi connectivity index (χ4n) is 1.96. The van der Waals surface area contributed by atoms with Crippen LogP contribution in [0.3, 0.4) is 0 Å². The van der Waals surface area contributed by atoms with Crippen molar-refractivity contribution in [3.63, 3.8) is 0 Å². The van der Waals surface area contributed by atoms with E-state index in [1.54, 1.807) is 0 Å². The van der Waals surface area contributed by atoms with Gasteiger partial charge in [0.25, 0.3) is 0 Å². The highest BCUT2D eigenvalue weighted by Gasteiger charge is 2.20. The summed E-state index contributed by atoms with van der Waals surface area (Å²) in [6.07, 6.45) is 4.50. The summed E-state index contributed by atoms with van der Waals surface area (Å²) in [5.74, 6) is 0.780. The topological polar surface area (TPSA) is 22.1 Å². The maximum atomic E-state index is 5.76. The van der Waals surface area contributed by atoms with Crippen LogP contribution in [0.1, 0.15) is 37.1 Å². The molecule has 0 radical (unpaired) electrons. The zero-order valence-corrected chi connectivity index (χ0v) is 8.86. The van der Waals surface area contributed by atoms with Gasteiger partial charge < -0.3 is 4.74 Å². The van der Waals surface area contributed by atoms with Crippen LogP contribution in [0.5, 0.6) is 0 Å². The molecule has 76 valence electrons. The molecule has 1 aliphatic heterocycles. The lowest BCUT2D eigenvalue weighted by molar-refractivity contribution is -0.00640. The van der Waals surface area contributed by atoms with Crippen LogP contribution in [0.4, 0.5) is 0 Å². The molecule has 0 N–H and O–H groups in total. The van der Waals surface area contributed by atoms with Crippen molar-refractivity contribution < 1.29 is 4.74 Å². The monoisotopic (exact) mass is 191 g/mol. The predicted octanol–water partition coefficient (Wildman–Crippen LogP) is 2.88. The Labute approximate surface area is 85.3 Å². The summed E-state index contributed by atoms with van der Waals surface area (Å²) in [7, 11) is 0. The Morgan fingerprint density at radius 2 is 2.36 bits per heavy atom. The highest BCUT2D eigenvalue weighted by atomic mass is 16.5. The van der Waals surface area contributed by atoms with Crippen molar-refractivity contribution in [2.45, 2.75) is 32.8 Å². The molecule has 0 aliphatic carbocycles. The molecule has 2 unspecified atom stereocenters. The summed E-state index contributed by atoms with van der Waals surface area (Å²) in [6.45, 7) is 5.21. The Morgan fingerprint density at radius 1 is 1.50 bits per heavy atom. The molecule has 2 rings (SSSR count). The third-order valence-corrected chi connectivity index (χ3v) is 2.84. The van der Waals surface area contributed by atoms with Gasteiger partial charge in [0, 0.05) is 18.5 Å². The Bertz CT molecular complexity index is 311. The molecule has 0 amide bonds. The van der Waals surface area contributed by atoms with Crippen LogP contribution in [-0.4, -0.2) is 11.6 Å². The minimum absolute atomic E-state index is 0.292. The largest absolute Gasteiger partial charge is 0.374 e. The van der Waals surface area contributed by atoms with Crippen molar-refractivity contribution in [2.24, 2.45) is 5.92 Å². The molecule has 14 heavy (non-hydrogen) atoms. The fraction of sp³-hybridized carbons (Fsp3) is 0.583. The fourth-order valence-corrected chi connectivity index (χ4v) is 1.96. The second-order valence-corrected chi connectivity index (χ2v) is 4.22. The molecule has 1 aromatic heterocycles. The van der Waals surface area contributed by atoms with E-state index >= 15 is 0 Å². The highest BCUT2D eigenvalue weighted by Crippen LogP contribution is 2.31. The average molecular weight is 191 g/mol. The molecule has 0 spiro atoms. The van der Waals surface area contributed by atoms with Gasteiger partial charge in [0.2, 0.25) is 0 Å². The zero-order valence-electron chi connectivity index (χ0n) is 8.86. The SMILES string of the molecule is Cc1cc(C2CC(C)CCO2)ccn1. The summed E-state index contributed by atoms with van der Waals surface area (Å²) >= 11 is 0. The first-order chi connectivity index (χ1) is 6.75. The van der Waals surface area contributed by atoms with Gasteiger partial charge in [0.05, 0.1) is 6.10 Å². The third-order valence-electron chi connectivity index (χ3n) is 2.84. The van der Waals surface area contributed by atoms with Crippen molar-refractivity contribution in [3.8, 4) is 0 Å². The maximum absolute atomic E-state index is 5.76. The van der Waals surface area contributed by atoms with Gasteiger partial charge in [-0.3, -0.25) is 4.98 Å². The van der Waals surface area contributed by atoms with Crippen LogP contribution >= 0.6 is 0 Å². The number of pyridine rings is 1. The molecule has 1 aliphatic rings. The van der Waals surface area contributed by atoms with Gasteiger partial charge >= 0.3 is 0 Å². The predicted molar refractivity (Wildman–Crippen MR) is 56.1 cm³/mol. The van der Waals surface area contributed by atoms with E-state index in [4.69, 9.17) is 4.74 Å². The number of ether oxygens (including phenoxy) is 1. The third kappa shape index (κ3) is 2.13. The Morgan fingerprint density at radius 3 is 3.07 bits per heavy atom. The molecule has 2 heterocycles. The lowest BCUT2D eigenvalue weighted by atomic mass is 9.94. The first-order valence-electron chi connectivity index (χ1n) is 5.30. The number of hydrogen-bond donors (Lipinski definition) is 0. The Kier molecular flexibility index (Phi) is 2.82. The number of rotatable bonds is 1. The maximum Gasteiger partial charge on any atom is 0.0828 e. The van der Waals surface area contributed by atoms with Crippen LogP contribution in [0.2, 0.25) is 0 Å². The van der Waals surface area contributed by atoms with E-state index in [0.29, 0.717) is 6.10 Å². The van der Waals surface area contributed by atoms with E-state index in [1.807, 2.05) is 13.1 Å². The van der Waals surface area contributed by atoms with Crippen molar-refractivity contribution >= 4 is 0 Å². The van der Waals surface area contributed by atoms with Crippen LogP contribution in [0, 0.1) is 12.8 Å². The van der Waals surface area contributed by atoms with Gasteiger partial charge in [0.15, 0.2) is 0 Å². The van der Waals surface area contributed by atoms with E-state index in [0.717, 1.165) is 24.6 Å². The first kappa shape index (κ1) is 9.66. The molecule has 1 fully saturated rings. The molecule has 0 bridgehead atoms. The molecule has 0 aromatic carbocycles. The van der Waals surface area contributed by atoms with Gasteiger partial charge in [-0.2, -0.15) is 0 Å². The number of aromatic nitrogens is 1. The average Bonchev–Trinajstić information content (AvgIpc) is 2.18. The number of nitrogens with zero attached hydrogens (tertiary/aromatic N) is 1. The number of hydrogen-bond acceptors (Lipinski definition) is 2. The van der Waals surface area contributed by atoms with E-state index in [1.165, 1.54) is 12.0 Å². The van der Waals surface area contributed by atoms with Crippen LogP contribution < -0.4 is 0 Å². The van der Waals surface area contributed by atoms with Crippen molar-refractivity contribution in [1.82, 2.24) is 4.98 Å². The van der Waals surface area contributed by atoms with E-state index < -0.39 is 0 Å². The van der Waals surface area contributed by atoms with E-state index in [2.05, 4.69) is 24.0 Å². The van der Waals surface area contributed by atoms with Crippen molar-refractivity contribution in [1.29, 1.82) is 0 Å². The van der Waals surface area contributed by atoms with E-state index in [9.17, 15) is 0 Å². The minimum atomic E-state index is 0.292. The van der Waals surface area contributed by atoms with Crippen molar-refractivity contribution in [2.75, 3.05) is 6.61 Å². The Hall–Kier alpha value is -0.890. The summed E-state index contributed by atoms with van der Waals surface area (Å²) in [6, 6.07) is 4.19. The molecular weight excluding hydrogens is 174 g/mol. The second kappa shape index (κ2) is 4.09. The first-order valence-corrected chi connectivity index (χ1v) is 5.30.